The SMILES string of the molecule is C=CCON1C(=O)CC(C(=O)OC)C12CCN(Cc1ccc3c(c1)OCCO3)CC2. The predicted molar refractivity (Wildman–Crippen MR) is 108 cm³/mol. The number of carbonyl (C=O) groups excluding carboxylic acids is 2. The molecule has 0 aromatic heterocycles. The summed E-state index contributed by atoms with van der Waals surface area (Å²) in [4.78, 5) is 33.1. The number of fused-ring (bicyclic) bond motifs is 1. The lowest BCUT2D eigenvalue weighted by atomic mass is 9.77. The molecule has 0 saturated carbocycles. The first-order valence-electron chi connectivity index (χ1n) is 10.3. The standard InChI is InChI=1S/C22H28N2O6/c1-3-10-30-24-20(25)14-17(21(26)27-2)22(24)6-8-23(9-7-22)15-16-4-5-18-19(13-16)29-12-11-28-18/h3-5,13,17H,1,6-12,14-15H2,2H3. The Morgan fingerprint density at radius 3 is 2.70 bits per heavy atom. The lowest BCUT2D eigenvalue weighted by Crippen LogP contribution is -2.57. The van der Waals surface area contributed by atoms with Crippen LogP contribution in [0.2, 0.25) is 0 Å². The number of ether oxygens (including phenoxy) is 3. The zero-order valence-corrected chi connectivity index (χ0v) is 17.3. The maximum absolute atomic E-state index is 12.6. The molecule has 8 heteroatoms. The summed E-state index contributed by atoms with van der Waals surface area (Å²) in [6.07, 6.45) is 3.00. The molecule has 4 rings (SSSR count). The number of hydrogen-bond acceptors (Lipinski definition) is 7. The predicted octanol–water partition coefficient (Wildman–Crippen LogP) is 1.93. The Bertz CT molecular complexity index is 818. The lowest BCUT2D eigenvalue weighted by molar-refractivity contribution is -0.218. The zero-order valence-electron chi connectivity index (χ0n) is 17.3. The number of methoxy groups -OCH3 is 1. The van der Waals surface area contributed by atoms with Gasteiger partial charge in [0, 0.05) is 26.1 Å². The minimum atomic E-state index is -0.670. The summed E-state index contributed by atoms with van der Waals surface area (Å²) in [5, 5.41) is 1.43. The number of benzene rings is 1. The molecule has 1 unspecified atom stereocenters. The van der Waals surface area contributed by atoms with E-state index in [1.807, 2.05) is 18.2 Å². The Morgan fingerprint density at radius 2 is 2.00 bits per heavy atom. The topological polar surface area (TPSA) is 77.5 Å². The van der Waals surface area contributed by atoms with E-state index in [1.54, 1.807) is 6.08 Å². The van der Waals surface area contributed by atoms with E-state index in [1.165, 1.54) is 12.2 Å². The molecule has 1 aromatic carbocycles. The minimum absolute atomic E-state index is 0.117. The van der Waals surface area contributed by atoms with Crippen molar-refractivity contribution in [3.8, 4) is 11.5 Å². The van der Waals surface area contributed by atoms with Gasteiger partial charge in [-0.05, 0) is 30.5 Å². The van der Waals surface area contributed by atoms with Crippen molar-refractivity contribution in [2.45, 2.75) is 31.3 Å². The summed E-state index contributed by atoms with van der Waals surface area (Å²) in [7, 11) is 1.37. The number of amides is 1. The third kappa shape index (κ3) is 3.77. The molecule has 1 atom stereocenters. The van der Waals surface area contributed by atoms with Crippen molar-refractivity contribution in [1.29, 1.82) is 0 Å². The van der Waals surface area contributed by atoms with Gasteiger partial charge in [-0.25, -0.2) is 5.06 Å². The first kappa shape index (κ1) is 20.7. The van der Waals surface area contributed by atoms with E-state index in [0.29, 0.717) is 26.1 Å². The van der Waals surface area contributed by atoms with Crippen LogP contribution >= 0.6 is 0 Å². The lowest BCUT2D eigenvalue weighted by Gasteiger charge is -2.45. The minimum Gasteiger partial charge on any atom is -0.486 e. The summed E-state index contributed by atoms with van der Waals surface area (Å²) < 4.78 is 16.3. The fraction of sp³-hybridized carbons (Fsp3) is 0.545. The fourth-order valence-corrected chi connectivity index (χ4v) is 4.70. The molecule has 8 nitrogen and oxygen atoms in total. The van der Waals surface area contributed by atoms with Gasteiger partial charge in [0.15, 0.2) is 11.5 Å². The van der Waals surface area contributed by atoms with E-state index in [4.69, 9.17) is 19.0 Å². The normalized spacial score (nSPS) is 22.9. The van der Waals surface area contributed by atoms with E-state index >= 15 is 0 Å². The van der Waals surface area contributed by atoms with Gasteiger partial charge < -0.3 is 14.2 Å². The molecule has 3 aliphatic rings. The average Bonchev–Trinajstić information content (AvgIpc) is 3.04. The van der Waals surface area contributed by atoms with E-state index in [-0.39, 0.29) is 24.9 Å². The van der Waals surface area contributed by atoms with Gasteiger partial charge >= 0.3 is 5.97 Å². The van der Waals surface area contributed by atoms with Gasteiger partial charge in [-0.15, -0.1) is 6.58 Å². The molecule has 162 valence electrons. The van der Waals surface area contributed by atoms with Crippen LogP contribution in [0.15, 0.2) is 30.9 Å². The van der Waals surface area contributed by atoms with Gasteiger partial charge in [0.25, 0.3) is 0 Å². The highest BCUT2D eigenvalue weighted by Gasteiger charge is 2.58. The Labute approximate surface area is 176 Å². The number of hydrogen-bond donors (Lipinski definition) is 0. The molecule has 0 N–H and O–H groups in total. The first-order valence-corrected chi connectivity index (χ1v) is 10.3. The number of rotatable bonds is 6. The maximum atomic E-state index is 12.6. The molecule has 2 saturated heterocycles. The molecule has 0 bridgehead atoms. The second-order valence-corrected chi connectivity index (χ2v) is 7.91. The van der Waals surface area contributed by atoms with E-state index < -0.39 is 11.5 Å². The third-order valence-electron chi connectivity index (χ3n) is 6.20. The van der Waals surface area contributed by atoms with Crippen molar-refractivity contribution in [2.24, 2.45) is 5.92 Å². The Balaban J connectivity index is 1.46. The maximum Gasteiger partial charge on any atom is 0.311 e. The average molecular weight is 416 g/mol. The summed E-state index contributed by atoms with van der Waals surface area (Å²) in [6, 6.07) is 6.02. The Hall–Kier alpha value is -2.58. The van der Waals surface area contributed by atoms with Crippen molar-refractivity contribution in [1.82, 2.24) is 9.96 Å². The van der Waals surface area contributed by atoms with Gasteiger partial charge in [0.2, 0.25) is 5.91 Å². The van der Waals surface area contributed by atoms with Crippen LogP contribution in [0.5, 0.6) is 11.5 Å². The number of carbonyl (C=O) groups is 2. The zero-order chi connectivity index (χ0) is 21.1. The Kier molecular flexibility index (Phi) is 5.97. The first-order chi connectivity index (χ1) is 14.6. The summed E-state index contributed by atoms with van der Waals surface area (Å²) in [5.41, 5.74) is 0.471. The van der Waals surface area contributed by atoms with Gasteiger partial charge in [-0.3, -0.25) is 19.3 Å². The van der Waals surface area contributed by atoms with Gasteiger partial charge in [-0.1, -0.05) is 12.1 Å². The van der Waals surface area contributed by atoms with Crippen molar-refractivity contribution < 1.29 is 28.6 Å². The molecular weight excluding hydrogens is 388 g/mol. The van der Waals surface area contributed by atoms with Crippen molar-refractivity contribution >= 4 is 11.9 Å². The van der Waals surface area contributed by atoms with Crippen LogP contribution < -0.4 is 9.47 Å². The van der Waals surface area contributed by atoms with Crippen LogP contribution in [0.25, 0.3) is 0 Å². The van der Waals surface area contributed by atoms with Crippen molar-refractivity contribution in [3.05, 3.63) is 36.4 Å². The molecular formula is C22H28N2O6. The van der Waals surface area contributed by atoms with Crippen molar-refractivity contribution in [3.63, 3.8) is 0 Å². The van der Waals surface area contributed by atoms with Gasteiger partial charge in [0.05, 0.1) is 25.2 Å². The van der Waals surface area contributed by atoms with E-state index in [0.717, 1.165) is 36.7 Å². The largest absolute Gasteiger partial charge is 0.486 e. The summed E-state index contributed by atoms with van der Waals surface area (Å²) in [5.74, 6) is 0.517. The number of likely N-dealkylation sites (tertiary alicyclic amines) is 1. The molecule has 0 aliphatic carbocycles. The molecule has 30 heavy (non-hydrogen) atoms. The highest BCUT2D eigenvalue weighted by atomic mass is 16.7. The van der Waals surface area contributed by atoms with E-state index in [9.17, 15) is 9.59 Å². The molecule has 1 amide bonds. The number of piperidine rings is 1. The second kappa shape index (κ2) is 8.65. The molecule has 2 fully saturated rings. The monoisotopic (exact) mass is 416 g/mol. The molecule has 3 heterocycles. The van der Waals surface area contributed by atoms with Crippen LogP contribution in [-0.4, -0.2) is 67.4 Å². The highest BCUT2D eigenvalue weighted by Crippen LogP contribution is 2.44. The second-order valence-electron chi connectivity index (χ2n) is 7.91. The number of nitrogens with zero attached hydrogens (tertiary/aromatic N) is 2. The molecule has 0 radical (unpaired) electrons. The third-order valence-corrected chi connectivity index (χ3v) is 6.20. The Morgan fingerprint density at radius 1 is 1.27 bits per heavy atom. The van der Waals surface area contributed by atoms with Gasteiger partial charge in [0.1, 0.15) is 13.2 Å². The quantitative estimate of drug-likeness (QED) is 0.518. The van der Waals surface area contributed by atoms with Crippen molar-refractivity contribution in [2.75, 3.05) is 40.0 Å². The number of esters is 1. The molecule has 3 aliphatic heterocycles. The van der Waals surface area contributed by atoms with Crippen LogP contribution in [0.3, 0.4) is 0 Å². The van der Waals surface area contributed by atoms with Crippen LogP contribution in [0.1, 0.15) is 24.8 Å². The summed E-state index contributed by atoms with van der Waals surface area (Å²) in [6.45, 7) is 7.26. The summed E-state index contributed by atoms with van der Waals surface area (Å²) >= 11 is 0. The van der Waals surface area contributed by atoms with Gasteiger partial charge in [-0.2, -0.15) is 0 Å². The molecule has 1 aromatic rings. The number of hydroxylamine groups is 2. The van der Waals surface area contributed by atoms with Crippen LogP contribution in [0, 0.1) is 5.92 Å². The molecule has 1 spiro atoms. The van der Waals surface area contributed by atoms with Crippen LogP contribution in [-0.2, 0) is 25.7 Å². The van der Waals surface area contributed by atoms with Crippen LogP contribution in [0.4, 0.5) is 0 Å². The van der Waals surface area contributed by atoms with E-state index in [2.05, 4.69) is 11.5 Å². The highest BCUT2D eigenvalue weighted by molar-refractivity contribution is 5.88. The fourth-order valence-electron chi connectivity index (χ4n) is 4.70. The smallest absolute Gasteiger partial charge is 0.311 e.